The number of benzene rings is 1. The van der Waals surface area contributed by atoms with Gasteiger partial charge in [-0.2, -0.15) is 34.8 Å². The zero-order chi connectivity index (χ0) is 16.6. The van der Waals surface area contributed by atoms with Crippen molar-refractivity contribution in [3.8, 4) is 0 Å². The Morgan fingerprint density at radius 2 is 1.43 bits per heavy atom. The maximum atomic E-state index is 12.8. The van der Waals surface area contributed by atoms with Gasteiger partial charge in [0.15, 0.2) is 0 Å². The van der Waals surface area contributed by atoms with Crippen LogP contribution in [0.1, 0.15) is 11.7 Å². The van der Waals surface area contributed by atoms with Gasteiger partial charge in [-0.3, -0.25) is 0 Å². The summed E-state index contributed by atoms with van der Waals surface area (Å²) >= 11 is 10.9. The highest BCUT2D eigenvalue weighted by atomic mass is 35.5. The van der Waals surface area contributed by atoms with Crippen LogP contribution in [0.3, 0.4) is 0 Å². The summed E-state index contributed by atoms with van der Waals surface area (Å²) in [5.74, 6) is 0. The molecular weight excluding hydrogens is 373 g/mol. The molecule has 1 atom stereocenters. The van der Waals surface area contributed by atoms with Crippen molar-refractivity contribution < 1.29 is 38.9 Å². The third-order valence-electron chi connectivity index (χ3n) is 2.07. The molecule has 1 rings (SSSR count). The van der Waals surface area contributed by atoms with Crippen molar-refractivity contribution in [2.45, 2.75) is 17.8 Å². The van der Waals surface area contributed by atoms with Crippen molar-refractivity contribution in [1.82, 2.24) is 0 Å². The second kappa shape index (κ2) is 5.82. The molecule has 0 aliphatic heterocycles. The Bertz CT molecular complexity index is 605. The molecule has 0 fully saturated rings. The van der Waals surface area contributed by atoms with Crippen LogP contribution in [-0.2, 0) is 14.3 Å². The normalized spacial score (nSPS) is 15.0. The molecule has 0 aromatic heterocycles. The predicted octanol–water partition coefficient (Wildman–Crippen LogP) is 4.46. The van der Waals surface area contributed by atoms with Crippen molar-refractivity contribution in [2.24, 2.45) is 0 Å². The molecule has 0 amide bonds. The molecule has 0 saturated heterocycles. The minimum absolute atomic E-state index is 0.692. The fraction of sp³-hybridized carbons (Fsp3) is 0.333. The SMILES string of the molecule is O=S(=O)(OC(c1c(Cl)cccc1Cl)C(F)(F)F)C(F)(F)F. The first kappa shape index (κ1) is 18.3. The number of hydrogen-bond acceptors (Lipinski definition) is 3. The lowest BCUT2D eigenvalue weighted by atomic mass is 10.1. The third kappa shape index (κ3) is 4.15. The largest absolute Gasteiger partial charge is 0.523 e. The van der Waals surface area contributed by atoms with Crippen LogP contribution < -0.4 is 0 Å². The molecule has 0 N–H and O–H groups in total. The molecule has 21 heavy (non-hydrogen) atoms. The van der Waals surface area contributed by atoms with Gasteiger partial charge < -0.3 is 0 Å². The summed E-state index contributed by atoms with van der Waals surface area (Å²) in [7, 11) is -6.50. The van der Waals surface area contributed by atoms with E-state index in [9.17, 15) is 34.8 Å². The number of hydrogen-bond donors (Lipinski definition) is 0. The van der Waals surface area contributed by atoms with Crippen molar-refractivity contribution in [3.63, 3.8) is 0 Å². The van der Waals surface area contributed by atoms with Gasteiger partial charge >= 0.3 is 21.8 Å². The molecule has 0 radical (unpaired) electrons. The average Bonchev–Trinajstić information content (AvgIpc) is 2.24. The minimum Gasteiger partial charge on any atom is -0.245 e. The molecule has 0 aliphatic carbocycles. The second-order valence-electron chi connectivity index (χ2n) is 3.55. The monoisotopic (exact) mass is 376 g/mol. The van der Waals surface area contributed by atoms with Crippen LogP contribution in [0.25, 0.3) is 0 Å². The molecular formula is C9H4Cl2F6O3S. The lowest BCUT2D eigenvalue weighted by molar-refractivity contribution is -0.200. The summed E-state index contributed by atoms with van der Waals surface area (Å²) in [6.45, 7) is 0. The Kier molecular flexibility index (Phi) is 5.09. The first-order chi connectivity index (χ1) is 9.27. The molecule has 1 unspecified atom stereocenters. The Morgan fingerprint density at radius 3 is 1.76 bits per heavy atom. The maximum absolute atomic E-state index is 12.8. The van der Waals surface area contributed by atoms with Gasteiger partial charge in [0.25, 0.3) is 0 Å². The van der Waals surface area contributed by atoms with E-state index < -0.39 is 43.5 Å². The summed E-state index contributed by atoms with van der Waals surface area (Å²) < 4.78 is 99.7. The topological polar surface area (TPSA) is 43.4 Å². The van der Waals surface area contributed by atoms with E-state index in [0.717, 1.165) is 18.2 Å². The van der Waals surface area contributed by atoms with E-state index in [1.54, 1.807) is 0 Å². The van der Waals surface area contributed by atoms with Gasteiger partial charge in [0.1, 0.15) is 0 Å². The van der Waals surface area contributed by atoms with Crippen molar-refractivity contribution >= 4 is 33.3 Å². The van der Waals surface area contributed by atoms with Gasteiger partial charge in [0.2, 0.25) is 6.10 Å². The zero-order valence-corrected chi connectivity index (χ0v) is 11.8. The molecule has 12 heteroatoms. The fourth-order valence-electron chi connectivity index (χ4n) is 1.21. The fourth-order valence-corrected chi connectivity index (χ4v) is 2.37. The number of alkyl halides is 6. The minimum atomic E-state index is -6.50. The van der Waals surface area contributed by atoms with Crippen LogP contribution in [-0.4, -0.2) is 20.1 Å². The van der Waals surface area contributed by atoms with E-state index in [-0.39, 0.29) is 0 Å². The first-order valence-electron chi connectivity index (χ1n) is 4.77. The summed E-state index contributed by atoms with van der Waals surface area (Å²) in [6, 6.07) is 2.91. The lowest BCUT2D eigenvalue weighted by Gasteiger charge is -2.22. The van der Waals surface area contributed by atoms with Gasteiger partial charge in [-0.25, -0.2) is 4.18 Å². The van der Waals surface area contributed by atoms with Crippen LogP contribution in [0.15, 0.2) is 18.2 Å². The quantitative estimate of drug-likeness (QED) is 0.444. The molecule has 1 aromatic rings. The molecule has 120 valence electrons. The van der Waals surface area contributed by atoms with E-state index in [1.165, 1.54) is 0 Å². The Labute approximate surface area is 124 Å². The zero-order valence-electron chi connectivity index (χ0n) is 9.47. The van der Waals surface area contributed by atoms with E-state index in [1.807, 2.05) is 0 Å². The molecule has 0 bridgehead atoms. The Hall–Kier alpha value is -0.710. The first-order valence-corrected chi connectivity index (χ1v) is 6.94. The van der Waals surface area contributed by atoms with E-state index in [4.69, 9.17) is 23.2 Å². The summed E-state index contributed by atoms with van der Waals surface area (Å²) in [5.41, 5.74) is -7.15. The van der Waals surface area contributed by atoms with E-state index in [0.29, 0.717) is 0 Å². The molecule has 0 aliphatic rings. The number of rotatable bonds is 3. The predicted molar refractivity (Wildman–Crippen MR) is 61.3 cm³/mol. The van der Waals surface area contributed by atoms with Gasteiger partial charge in [-0.15, -0.1) is 0 Å². The van der Waals surface area contributed by atoms with Gasteiger partial charge in [0.05, 0.1) is 0 Å². The smallest absolute Gasteiger partial charge is 0.245 e. The summed E-state index contributed by atoms with van der Waals surface area (Å²) in [4.78, 5) is 0. The summed E-state index contributed by atoms with van der Waals surface area (Å²) in [6.07, 6.45) is -8.97. The van der Waals surface area contributed by atoms with Crippen LogP contribution in [0.2, 0.25) is 10.0 Å². The molecule has 1 aromatic carbocycles. The average molecular weight is 377 g/mol. The second-order valence-corrected chi connectivity index (χ2v) is 5.93. The molecule has 3 nitrogen and oxygen atoms in total. The molecule has 0 heterocycles. The standard InChI is InChI=1S/C9H4Cl2F6O3S/c10-4-2-1-3-5(11)6(4)7(8(12,13)14)20-21(18,19)9(15,16)17/h1-3,7H. The van der Waals surface area contributed by atoms with Crippen LogP contribution >= 0.6 is 23.2 Å². The molecule has 0 saturated carbocycles. The van der Waals surface area contributed by atoms with Gasteiger partial charge in [-0.1, -0.05) is 29.3 Å². The van der Waals surface area contributed by atoms with E-state index >= 15 is 0 Å². The van der Waals surface area contributed by atoms with Crippen molar-refractivity contribution in [1.29, 1.82) is 0 Å². The number of halogens is 8. The van der Waals surface area contributed by atoms with Crippen molar-refractivity contribution in [3.05, 3.63) is 33.8 Å². The van der Waals surface area contributed by atoms with Gasteiger partial charge in [0, 0.05) is 15.6 Å². The highest BCUT2D eigenvalue weighted by molar-refractivity contribution is 7.87. The van der Waals surface area contributed by atoms with Crippen molar-refractivity contribution in [2.75, 3.05) is 0 Å². The maximum Gasteiger partial charge on any atom is 0.523 e. The van der Waals surface area contributed by atoms with Gasteiger partial charge in [-0.05, 0) is 12.1 Å². The third-order valence-corrected chi connectivity index (χ3v) is 3.74. The van der Waals surface area contributed by atoms with Crippen LogP contribution in [0, 0.1) is 0 Å². The lowest BCUT2D eigenvalue weighted by Crippen LogP contribution is -2.33. The Balaban J connectivity index is 3.41. The summed E-state index contributed by atoms with van der Waals surface area (Å²) in [5, 5.41) is -1.38. The van der Waals surface area contributed by atoms with E-state index in [2.05, 4.69) is 4.18 Å². The highest BCUT2D eigenvalue weighted by Crippen LogP contribution is 2.44. The Morgan fingerprint density at radius 1 is 1.00 bits per heavy atom. The highest BCUT2D eigenvalue weighted by Gasteiger charge is 2.54. The van der Waals surface area contributed by atoms with Crippen LogP contribution in [0.4, 0.5) is 26.3 Å². The molecule has 0 spiro atoms. The van der Waals surface area contributed by atoms with Crippen LogP contribution in [0.5, 0.6) is 0 Å².